The van der Waals surface area contributed by atoms with Crippen LogP contribution in [0.25, 0.3) is 16.0 Å². The average Bonchev–Trinajstić information content (AvgIpc) is 2.78. The molecule has 154 valence electrons. The normalized spacial score (nSPS) is 7.33. The number of carbonyl (C=O) groups excluding carboxylic acids is 1. The molecular formula is C23H27N5OSn. The third-order valence-electron chi connectivity index (χ3n) is 2.59. The van der Waals surface area contributed by atoms with Gasteiger partial charge in [-0.05, 0) is 0 Å². The van der Waals surface area contributed by atoms with Gasteiger partial charge in [-0.15, -0.1) is 0 Å². The molecule has 2 amide bonds. The van der Waals surface area contributed by atoms with Gasteiger partial charge in [0.2, 0.25) is 0 Å². The first kappa shape index (κ1) is 31.7. The van der Waals surface area contributed by atoms with Crippen LogP contribution in [0.1, 0.15) is 0 Å². The molecule has 0 spiro atoms. The maximum atomic E-state index is 10.7. The maximum absolute atomic E-state index is 10.7. The summed E-state index contributed by atoms with van der Waals surface area (Å²) in [6.07, 6.45) is 0. The second-order valence-corrected chi connectivity index (χ2v) is 5.39. The Bertz CT molecular complexity index is 555. The summed E-state index contributed by atoms with van der Waals surface area (Å²) in [4.78, 5) is 15.2. The minimum Gasteiger partial charge on any atom is -0.373 e. The van der Waals surface area contributed by atoms with Crippen LogP contribution in [0.4, 0.5) is 4.79 Å². The Balaban J connectivity index is -0.000000308. The van der Waals surface area contributed by atoms with Crippen LogP contribution in [0.2, 0.25) is 0 Å². The summed E-state index contributed by atoms with van der Waals surface area (Å²) < 4.78 is 0. The molecule has 0 atom stereocenters. The van der Waals surface area contributed by atoms with E-state index < -0.39 is 0 Å². The van der Waals surface area contributed by atoms with Crippen LogP contribution in [-0.4, -0.2) is 67.9 Å². The van der Waals surface area contributed by atoms with Crippen molar-refractivity contribution in [3.05, 3.63) is 125 Å². The van der Waals surface area contributed by atoms with Gasteiger partial charge in [0.1, 0.15) is 0 Å². The van der Waals surface area contributed by atoms with Gasteiger partial charge in [0, 0.05) is 28.2 Å². The summed E-state index contributed by atoms with van der Waals surface area (Å²) in [5.74, 6) is 0. The Morgan fingerprint density at radius 2 is 0.800 bits per heavy atom. The molecule has 0 aromatic heterocycles. The fourth-order valence-electron chi connectivity index (χ4n) is 1.43. The van der Waals surface area contributed by atoms with Crippen molar-refractivity contribution in [1.29, 1.82) is 0 Å². The van der Waals surface area contributed by atoms with Gasteiger partial charge in [0.25, 0.3) is 0 Å². The van der Waals surface area contributed by atoms with Crippen LogP contribution in [-0.2, 0) is 0 Å². The molecule has 0 fully saturated rings. The first-order chi connectivity index (χ1) is 14.0. The molecule has 3 aromatic carbocycles. The van der Waals surface area contributed by atoms with E-state index in [2.05, 4.69) is 18.2 Å². The Labute approximate surface area is 197 Å². The van der Waals surface area contributed by atoms with Crippen molar-refractivity contribution in [3.8, 4) is 0 Å². The van der Waals surface area contributed by atoms with Crippen molar-refractivity contribution >= 4 is 29.9 Å². The van der Waals surface area contributed by atoms with Gasteiger partial charge in [0.05, 0.1) is 0 Å². The van der Waals surface area contributed by atoms with Crippen LogP contribution < -0.4 is 0 Å². The maximum Gasteiger partial charge on any atom is 4.00 e. The zero-order valence-electron chi connectivity index (χ0n) is 17.8. The Morgan fingerprint density at radius 1 is 0.600 bits per heavy atom. The molecular weight excluding hydrogens is 481 g/mol. The van der Waals surface area contributed by atoms with Crippen molar-refractivity contribution in [2.24, 2.45) is 0 Å². The number of amides is 2. The van der Waals surface area contributed by atoms with Gasteiger partial charge in [-0.3, -0.25) is 4.91 Å². The summed E-state index contributed by atoms with van der Waals surface area (Å²) in [6, 6.07) is 37.5. The Kier molecular flexibility index (Phi) is 27.5. The average molecular weight is 508 g/mol. The number of nitrogens with zero attached hydrogens (tertiary/aromatic N) is 5. The fourth-order valence-corrected chi connectivity index (χ4v) is 1.43. The minimum atomic E-state index is 0. The molecule has 7 heteroatoms. The van der Waals surface area contributed by atoms with Crippen molar-refractivity contribution in [3.63, 3.8) is 0 Å². The topological polar surface area (TPSA) is 82.3 Å². The van der Waals surface area contributed by atoms with E-state index in [-0.39, 0.29) is 29.9 Å². The second kappa shape index (κ2) is 26.0. The standard InChI is InChI=1S/3C6H5.C5H12N2O.N3.Sn/c3*1-2-4-6-5-3-1;1-6(2)5(8)7(3)4;1-3-2;/h3*1-5H;1-4H3;;/q3*-1;;-1;+4. The summed E-state index contributed by atoms with van der Waals surface area (Å²) in [5, 5.41) is 0. The molecule has 0 unspecified atom stereocenters. The molecule has 0 bridgehead atoms. The monoisotopic (exact) mass is 509 g/mol. The molecule has 3 rings (SSSR count). The van der Waals surface area contributed by atoms with Gasteiger partial charge in [-0.1, -0.05) is 0 Å². The Morgan fingerprint density at radius 3 is 0.833 bits per heavy atom. The molecule has 0 aliphatic rings. The first-order valence-electron chi connectivity index (χ1n) is 8.57. The van der Waals surface area contributed by atoms with Gasteiger partial charge >= 0.3 is 29.9 Å². The van der Waals surface area contributed by atoms with E-state index in [1.807, 2.05) is 91.0 Å². The minimum absolute atomic E-state index is 0. The smallest absolute Gasteiger partial charge is 0.373 e. The molecule has 0 saturated carbocycles. The number of hydrogen-bond donors (Lipinski definition) is 0. The van der Waals surface area contributed by atoms with Crippen LogP contribution in [0.15, 0.2) is 91.0 Å². The van der Waals surface area contributed by atoms with Crippen LogP contribution in [0.5, 0.6) is 0 Å². The summed E-state index contributed by atoms with van der Waals surface area (Å²) >= 11 is 0. The molecule has 0 N–H and O–H groups in total. The zero-order valence-corrected chi connectivity index (χ0v) is 20.7. The molecule has 6 nitrogen and oxygen atoms in total. The van der Waals surface area contributed by atoms with Gasteiger partial charge < -0.3 is 20.9 Å². The molecule has 0 saturated heterocycles. The van der Waals surface area contributed by atoms with E-state index in [1.165, 1.54) is 14.7 Å². The van der Waals surface area contributed by atoms with Gasteiger partial charge in [-0.25, -0.2) is 4.79 Å². The van der Waals surface area contributed by atoms with Gasteiger partial charge in [-0.2, -0.15) is 109 Å². The molecule has 0 aliphatic carbocycles. The van der Waals surface area contributed by atoms with Crippen molar-refractivity contribution in [2.75, 3.05) is 28.2 Å². The van der Waals surface area contributed by atoms with Crippen LogP contribution in [0.3, 0.4) is 0 Å². The van der Waals surface area contributed by atoms with Crippen molar-refractivity contribution in [2.45, 2.75) is 0 Å². The molecule has 0 heterocycles. The molecule has 0 aliphatic heterocycles. The number of urea groups is 1. The number of rotatable bonds is 0. The zero-order chi connectivity index (χ0) is 22.2. The SMILES string of the molecule is CN(C)C(=O)N(C)C.[N-]=[N+]=[N-].[Sn+4].[c-]1ccccc1.[c-]1ccccc1.[c-]1ccccc1. The van der Waals surface area contributed by atoms with Crippen molar-refractivity contribution in [1.82, 2.24) is 9.80 Å². The largest absolute Gasteiger partial charge is 4.00 e. The summed E-state index contributed by atoms with van der Waals surface area (Å²) in [6.45, 7) is 0. The summed E-state index contributed by atoms with van der Waals surface area (Å²) in [5.41, 5.74) is 13.5. The number of benzene rings is 3. The molecule has 0 radical (unpaired) electrons. The quantitative estimate of drug-likeness (QED) is 0.136. The summed E-state index contributed by atoms with van der Waals surface area (Å²) in [7, 11) is 6.90. The third-order valence-corrected chi connectivity index (χ3v) is 2.59. The van der Waals surface area contributed by atoms with E-state index in [9.17, 15) is 4.79 Å². The van der Waals surface area contributed by atoms with E-state index in [0.29, 0.717) is 0 Å². The molecule has 3 aromatic rings. The molecule has 30 heavy (non-hydrogen) atoms. The first-order valence-corrected chi connectivity index (χ1v) is 8.57. The predicted octanol–water partition coefficient (Wildman–Crippen LogP) is 5.18. The Hall–Kier alpha value is -2.96. The predicted molar refractivity (Wildman–Crippen MR) is 124 cm³/mol. The van der Waals surface area contributed by atoms with Crippen LogP contribution in [0, 0.1) is 18.2 Å². The number of hydrogen-bond acceptors (Lipinski definition) is 1. The van der Waals surface area contributed by atoms with E-state index in [1.54, 1.807) is 28.2 Å². The number of carbonyl (C=O) groups is 1. The third kappa shape index (κ3) is 27.3. The fraction of sp³-hybridized carbons (Fsp3) is 0.174. The second-order valence-electron chi connectivity index (χ2n) is 5.39. The van der Waals surface area contributed by atoms with E-state index in [0.717, 1.165) is 0 Å². The van der Waals surface area contributed by atoms with Crippen molar-refractivity contribution < 1.29 is 4.79 Å². The van der Waals surface area contributed by atoms with E-state index in [4.69, 9.17) is 11.1 Å². The van der Waals surface area contributed by atoms with E-state index >= 15 is 0 Å². The van der Waals surface area contributed by atoms with Gasteiger partial charge in [0.15, 0.2) is 0 Å². The van der Waals surface area contributed by atoms with Crippen LogP contribution >= 0.6 is 0 Å².